The van der Waals surface area contributed by atoms with Gasteiger partial charge in [-0.05, 0) is 0 Å². The standard InChI is InChI=1S/C20H35NO16/c1-5(25)21-9-12(28)16(36-20-14(30)13(29)10(26)6(2-22)34-20)8(4-24)35-19(9)37-17-11(27)7(3-23)33-18(32)15(17)31/h6-20,22-24,26-32H,2-4H2,1H3,(H,21,25)/t6-,7-,8-,9-,10+,11-,12-,13+,14-,15+,16-,17+,18?,19+,20+/m1/s1. The second kappa shape index (κ2) is 12.8. The first-order chi connectivity index (χ1) is 17.4. The van der Waals surface area contributed by atoms with Gasteiger partial charge in [0.25, 0.3) is 0 Å². The van der Waals surface area contributed by atoms with E-state index in [-0.39, 0.29) is 0 Å². The Labute approximate surface area is 210 Å². The van der Waals surface area contributed by atoms with E-state index in [0.717, 1.165) is 6.92 Å². The summed E-state index contributed by atoms with van der Waals surface area (Å²) in [6.45, 7) is -1.23. The first kappa shape index (κ1) is 30.4. The molecule has 1 unspecified atom stereocenters. The van der Waals surface area contributed by atoms with Gasteiger partial charge in [-0.25, -0.2) is 0 Å². The molecule has 11 N–H and O–H groups in total. The molecule has 3 fully saturated rings. The molecular weight excluding hydrogens is 510 g/mol. The largest absolute Gasteiger partial charge is 0.394 e. The Kier molecular flexibility index (Phi) is 10.5. The zero-order valence-corrected chi connectivity index (χ0v) is 19.7. The van der Waals surface area contributed by atoms with E-state index in [4.69, 9.17) is 23.7 Å². The maximum Gasteiger partial charge on any atom is 0.217 e. The monoisotopic (exact) mass is 545 g/mol. The van der Waals surface area contributed by atoms with Gasteiger partial charge < -0.3 is 80.1 Å². The highest BCUT2D eigenvalue weighted by Crippen LogP contribution is 2.32. The van der Waals surface area contributed by atoms with Crippen LogP contribution in [0, 0.1) is 0 Å². The Morgan fingerprint density at radius 2 is 1.19 bits per heavy atom. The highest BCUT2D eigenvalue weighted by Gasteiger charge is 2.53. The van der Waals surface area contributed by atoms with Crippen LogP contribution in [0.1, 0.15) is 6.92 Å². The van der Waals surface area contributed by atoms with Gasteiger partial charge in [0.15, 0.2) is 18.9 Å². The minimum Gasteiger partial charge on any atom is -0.394 e. The van der Waals surface area contributed by atoms with E-state index < -0.39 is 118 Å². The average molecular weight is 545 g/mol. The molecule has 37 heavy (non-hydrogen) atoms. The van der Waals surface area contributed by atoms with E-state index in [0.29, 0.717) is 0 Å². The van der Waals surface area contributed by atoms with Crippen molar-refractivity contribution in [2.24, 2.45) is 0 Å². The first-order valence-electron chi connectivity index (χ1n) is 11.6. The van der Waals surface area contributed by atoms with E-state index in [2.05, 4.69) is 5.32 Å². The number of nitrogens with one attached hydrogen (secondary N) is 1. The second-order valence-electron chi connectivity index (χ2n) is 9.07. The zero-order chi connectivity index (χ0) is 27.6. The maximum absolute atomic E-state index is 11.9. The molecule has 0 bridgehead atoms. The van der Waals surface area contributed by atoms with Crippen molar-refractivity contribution in [3.8, 4) is 0 Å². The van der Waals surface area contributed by atoms with Crippen molar-refractivity contribution < 1.29 is 79.5 Å². The lowest BCUT2D eigenvalue weighted by atomic mass is 9.94. The Morgan fingerprint density at radius 1 is 0.649 bits per heavy atom. The Hall–Kier alpha value is -1.13. The number of hydrogen-bond acceptors (Lipinski definition) is 16. The summed E-state index contributed by atoms with van der Waals surface area (Å²) in [6, 6.07) is -1.48. The molecule has 3 aliphatic rings. The lowest BCUT2D eigenvalue weighted by Gasteiger charge is -2.49. The molecule has 0 aromatic rings. The topological polar surface area (TPSA) is 278 Å². The lowest BCUT2D eigenvalue weighted by molar-refractivity contribution is -0.365. The van der Waals surface area contributed by atoms with Crippen molar-refractivity contribution in [1.82, 2.24) is 5.32 Å². The highest BCUT2D eigenvalue weighted by atomic mass is 16.7. The number of carbonyl (C=O) groups is 1. The van der Waals surface area contributed by atoms with Gasteiger partial charge in [0.05, 0.1) is 19.8 Å². The van der Waals surface area contributed by atoms with Crippen molar-refractivity contribution in [3.63, 3.8) is 0 Å². The second-order valence-corrected chi connectivity index (χ2v) is 9.07. The SMILES string of the molecule is CC(=O)N[C@H]1[C@H](O[C@H]2[C@H](O)[C@@H](CO)OC(O)[C@H]2O)O[C@H](CO)[C@@H](O[C@@H]2O[C@H](CO)[C@H](O)[C@H](O)[C@H]2O)[C@@H]1O. The molecule has 0 aromatic heterocycles. The molecule has 0 saturated carbocycles. The molecule has 15 atom stereocenters. The normalized spacial score (nSPS) is 49.0. The number of rotatable bonds is 8. The predicted molar refractivity (Wildman–Crippen MR) is 113 cm³/mol. The van der Waals surface area contributed by atoms with Gasteiger partial charge in [0.1, 0.15) is 73.2 Å². The fourth-order valence-electron chi connectivity index (χ4n) is 4.46. The van der Waals surface area contributed by atoms with Crippen LogP contribution < -0.4 is 5.32 Å². The minimum absolute atomic E-state index is 0.684. The summed E-state index contributed by atoms with van der Waals surface area (Å²) in [5.74, 6) is -0.684. The fraction of sp³-hybridized carbons (Fsp3) is 0.950. The molecule has 17 heteroatoms. The minimum atomic E-state index is -1.87. The quantitative estimate of drug-likeness (QED) is 0.135. The van der Waals surface area contributed by atoms with Crippen molar-refractivity contribution in [2.45, 2.75) is 99.0 Å². The number of hydrogen-bond donors (Lipinski definition) is 11. The molecule has 0 radical (unpaired) electrons. The number of amides is 1. The van der Waals surface area contributed by atoms with Gasteiger partial charge >= 0.3 is 0 Å². The van der Waals surface area contributed by atoms with Gasteiger partial charge in [-0.1, -0.05) is 0 Å². The average Bonchev–Trinajstić information content (AvgIpc) is 2.87. The van der Waals surface area contributed by atoms with Crippen LogP contribution in [0.3, 0.4) is 0 Å². The predicted octanol–water partition coefficient (Wildman–Crippen LogP) is -7.43. The number of carbonyl (C=O) groups excluding carboxylic acids is 1. The van der Waals surface area contributed by atoms with E-state index in [9.17, 15) is 55.9 Å². The van der Waals surface area contributed by atoms with Crippen LogP contribution >= 0.6 is 0 Å². The fourth-order valence-corrected chi connectivity index (χ4v) is 4.46. The summed E-state index contributed by atoms with van der Waals surface area (Å²) in [4.78, 5) is 11.9. The highest BCUT2D eigenvalue weighted by molar-refractivity contribution is 5.73. The van der Waals surface area contributed by atoms with Crippen molar-refractivity contribution in [3.05, 3.63) is 0 Å². The Morgan fingerprint density at radius 3 is 1.76 bits per heavy atom. The van der Waals surface area contributed by atoms with Gasteiger partial charge in [-0.3, -0.25) is 4.79 Å². The van der Waals surface area contributed by atoms with E-state index >= 15 is 0 Å². The van der Waals surface area contributed by atoms with Crippen LogP contribution in [0.25, 0.3) is 0 Å². The Balaban J connectivity index is 1.83. The molecule has 3 saturated heterocycles. The zero-order valence-electron chi connectivity index (χ0n) is 19.7. The molecule has 0 aromatic carbocycles. The molecule has 3 heterocycles. The third kappa shape index (κ3) is 6.38. The summed E-state index contributed by atoms with van der Waals surface area (Å²) in [6.07, 6.45) is -23.2. The molecule has 3 aliphatic heterocycles. The van der Waals surface area contributed by atoms with E-state index in [1.807, 2.05) is 0 Å². The molecule has 17 nitrogen and oxygen atoms in total. The van der Waals surface area contributed by atoms with Crippen molar-refractivity contribution in [2.75, 3.05) is 19.8 Å². The molecule has 0 aliphatic carbocycles. The van der Waals surface area contributed by atoms with Gasteiger partial charge in [0, 0.05) is 6.92 Å². The third-order valence-electron chi connectivity index (χ3n) is 6.49. The van der Waals surface area contributed by atoms with Crippen LogP contribution in [0.2, 0.25) is 0 Å². The van der Waals surface area contributed by atoms with Crippen LogP contribution in [-0.2, 0) is 28.5 Å². The van der Waals surface area contributed by atoms with Crippen LogP contribution in [0.5, 0.6) is 0 Å². The van der Waals surface area contributed by atoms with Crippen molar-refractivity contribution in [1.29, 1.82) is 0 Å². The summed E-state index contributed by atoms with van der Waals surface area (Å²) < 4.78 is 27.0. The van der Waals surface area contributed by atoms with Crippen LogP contribution in [0.4, 0.5) is 0 Å². The van der Waals surface area contributed by atoms with E-state index in [1.165, 1.54) is 0 Å². The summed E-state index contributed by atoms with van der Waals surface area (Å²) in [7, 11) is 0. The third-order valence-corrected chi connectivity index (χ3v) is 6.49. The number of ether oxygens (including phenoxy) is 5. The maximum atomic E-state index is 11.9. The summed E-state index contributed by atoms with van der Waals surface area (Å²) in [5.41, 5.74) is 0. The Bertz CT molecular complexity index is 745. The molecule has 3 rings (SSSR count). The lowest BCUT2D eigenvalue weighted by Crippen LogP contribution is -2.69. The van der Waals surface area contributed by atoms with Gasteiger partial charge in [-0.15, -0.1) is 0 Å². The summed E-state index contributed by atoms with van der Waals surface area (Å²) in [5, 5.41) is 103. The van der Waals surface area contributed by atoms with Crippen molar-refractivity contribution >= 4 is 5.91 Å². The number of aliphatic hydroxyl groups is 10. The molecular formula is C20H35NO16. The van der Waals surface area contributed by atoms with E-state index in [1.54, 1.807) is 0 Å². The molecule has 0 spiro atoms. The van der Waals surface area contributed by atoms with Gasteiger partial charge in [0.2, 0.25) is 5.91 Å². The smallest absolute Gasteiger partial charge is 0.217 e. The van der Waals surface area contributed by atoms with Gasteiger partial charge in [-0.2, -0.15) is 0 Å². The first-order valence-corrected chi connectivity index (χ1v) is 11.6. The molecule has 216 valence electrons. The summed E-state index contributed by atoms with van der Waals surface area (Å²) >= 11 is 0. The van der Waals surface area contributed by atoms with Crippen LogP contribution in [0.15, 0.2) is 0 Å². The number of aliphatic hydroxyl groups excluding tert-OH is 10. The molecule has 1 amide bonds. The van der Waals surface area contributed by atoms with Crippen LogP contribution in [-0.4, -0.2) is 169 Å².